The van der Waals surface area contributed by atoms with Gasteiger partial charge >= 0.3 is 0 Å². The van der Waals surface area contributed by atoms with E-state index in [0.29, 0.717) is 16.9 Å². The molecule has 0 saturated carbocycles. The van der Waals surface area contributed by atoms with E-state index in [2.05, 4.69) is 10.1 Å². The van der Waals surface area contributed by atoms with E-state index in [0.717, 1.165) is 0 Å². The van der Waals surface area contributed by atoms with Crippen molar-refractivity contribution in [2.45, 2.75) is 0 Å². The lowest BCUT2D eigenvalue weighted by Gasteiger charge is -2.01. The SMILES string of the molecule is O=C(c1ccc(O)cc1)c1cnc2ccc(Cl)nn12. The van der Waals surface area contributed by atoms with E-state index in [9.17, 15) is 9.90 Å². The Labute approximate surface area is 113 Å². The first kappa shape index (κ1) is 11.7. The number of aromatic nitrogens is 3. The van der Waals surface area contributed by atoms with Crippen molar-refractivity contribution in [2.24, 2.45) is 0 Å². The number of hydrogen-bond donors (Lipinski definition) is 1. The van der Waals surface area contributed by atoms with Crippen LogP contribution in [0.1, 0.15) is 16.1 Å². The zero-order chi connectivity index (χ0) is 13.4. The van der Waals surface area contributed by atoms with E-state index < -0.39 is 0 Å². The number of carbonyl (C=O) groups is 1. The van der Waals surface area contributed by atoms with Crippen molar-refractivity contribution < 1.29 is 9.90 Å². The van der Waals surface area contributed by atoms with Crippen molar-refractivity contribution in [2.75, 3.05) is 0 Å². The summed E-state index contributed by atoms with van der Waals surface area (Å²) in [7, 11) is 0. The summed E-state index contributed by atoms with van der Waals surface area (Å²) >= 11 is 5.81. The Balaban J connectivity index is 2.11. The maximum absolute atomic E-state index is 12.3. The Kier molecular flexibility index (Phi) is 2.68. The molecule has 19 heavy (non-hydrogen) atoms. The van der Waals surface area contributed by atoms with Gasteiger partial charge in [0.05, 0.1) is 6.20 Å². The monoisotopic (exact) mass is 273 g/mol. The van der Waals surface area contributed by atoms with Gasteiger partial charge in [0.25, 0.3) is 0 Å². The number of aromatic hydroxyl groups is 1. The quantitative estimate of drug-likeness (QED) is 0.728. The minimum absolute atomic E-state index is 0.107. The Morgan fingerprint density at radius 3 is 2.63 bits per heavy atom. The lowest BCUT2D eigenvalue weighted by molar-refractivity contribution is 0.103. The van der Waals surface area contributed by atoms with Gasteiger partial charge in [-0.05, 0) is 36.4 Å². The number of hydrogen-bond acceptors (Lipinski definition) is 4. The first-order valence-corrected chi connectivity index (χ1v) is 5.87. The maximum atomic E-state index is 12.3. The Morgan fingerprint density at radius 2 is 1.89 bits per heavy atom. The minimum Gasteiger partial charge on any atom is -0.508 e. The third kappa shape index (κ3) is 2.04. The van der Waals surface area contributed by atoms with Crippen molar-refractivity contribution in [3.8, 4) is 5.75 Å². The van der Waals surface area contributed by atoms with Crippen molar-refractivity contribution in [3.05, 3.63) is 59.0 Å². The van der Waals surface area contributed by atoms with E-state index in [1.54, 1.807) is 24.3 Å². The zero-order valence-electron chi connectivity index (χ0n) is 9.62. The third-order valence-corrected chi connectivity index (χ3v) is 2.89. The van der Waals surface area contributed by atoms with Gasteiger partial charge < -0.3 is 5.11 Å². The van der Waals surface area contributed by atoms with Crippen LogP contribution in [0.25, 0.3) is 5.65 Å². The molecule has 0 aliphatic heterocycles. The van der Waals surface area contributed by atoms with Crippen LogP contribution in [0.15, 0.2) is 42.6 Å². The predicted octanol–water partition coefficient (Wildman–Crippen LogP) is 2.32. The molecule has 2 aromatic heterocycles. The highest BCUT2D eigenvalue weighted by Crippen LogP contribution is 2.15. The van der Waals surface area contributed by atoms with E-state index in [1.165, 1.54) is 22.8 Å². The van der Waals surface area contributed by atoms with Gasteiger partial charge in [0.1, 0.15) is 16.6 Å². The molecule has 5 nitrogen and oxygen atoms in total. The predicted molar refractivity (Wildman–Crippen MR) is 69.5 cm³/mol. The molecule has 0 fully saturated rings. The molecule has 0 aliphatic rings. The van der Waals surface area contributed by atoms with E-state index in [-0.39, 0.29) is 16.7 Å². The van der Waals surface area contributed by atoms with Gasteiger partial charge in [-0.2, -0.15) is 5.10 Å². The van der Waals surface area contributed by atoms with Gasteiger partial charge in [0.15, 0.2) is 5.65 Å². The standard InChI is InChI=1S/C13H8ClN3O2/c14-11-5-6-12-15-7-10(17(12)16-11)13(19)8-1-3-9(18)4-2-8/h1-7,18H. The third-order valence-electron chi connectivity index (χ3n) is 2.69. The van der Waals surface area contributed by atoms with Gasteiger partial charge in [-0.1, -0.05) is 11.6 Å². The van der Waals surface area contributed by atoms with E-state index >= 15 is 0 Å². The fraction of sp³-hybridized carbons (Fsp3) is 0. The van der Waals surface area contributed by atoms with Crippen LogP contribution in [-0.2, 0) is 0 Å². The number of phenols is 1. The van der Waals surface area contributed by atoms with Gasteiger partial charge in [-0.15, -0.1) is 0 Å². The van der Waals surface area contributed by atoms with Crippen LogP contribution < -0.4 is 0 Å². The lowest BCUT2D eigenvalue weighted by atomic mass is 10.1. The van der Waals surface area contributed by atoms with Crippen LogP contribution in [0.4, 0.5) is 0 Å². The van der Waals surface area contributed by atoms with Gasteiger partial charge in [-0.25, -0.2) is 9.50 Å². The molecule has 0 saturated heterocycles. The zero-order valence-corrected chi connectivity index (χ0v) is 10.4. The number of carbonyl (C=O) groups excluding carboxylic acids is 1. The molecule has 0 radical (unpaired) electrons. The molecule has 2 heterocycles. The number of benzene rings is 1. The molecule has 3 rings (SSSR count). The molecular formula is C13H8ClN3O2. The number of halogens is 1. The van der Waals surface area contributed by atoms with Crippen LogP contribution in [0.5, 0.6) is 5.75 Å². The Bertz CT molecular complexity index is 765. The number of rotatable bonds is 2. The summed E-state index contributed by atoms with van der Waals surface area (Å²) in [5, 5.41) is 13.6. The molecule has 0 amide bonds. The highest BCUT2D eigenvalue weighted by molar-refractivity contribution is 6.29. The topological polar surface area (TPSA) is 67.5 Å². The molecule has 0 aliphatic carbocycles. The van der Waals surface area contributed by atoms with Crippen molar-refractivity contribution in [3.63, 3.8) is 0 Å². The summed E-state index contributed by atoms with van der Waals surface area (Å²) in [6, 6.07) is 9.29. The summed E-state index contributed by atoms with van der Waals surface area (Å²) in [6.07, 6.45) is 1.45. The molecule has 0 unspecified atom stereocenters. The molecular weight excluding hydrogens is 266 g/mol. The van der Waals surface area contributed by atoms with Crippen LogP contribution in [0, 0.1) is 0 Å². The van der Waals surface area contributed by atoms with Crippen LogP contribution >= 0.6 is 11.6 Å². The molecule has 3 aromatic rings. The maximum Gasteiger partial charge on any atom is 0.213 e. The lowest BCUT2D eigenvalue weighted by Crippen LogP contribution is -2.07. The van der Waals surface area contributed by atoms with Gasteiger partial charge in [-0.3, -0.25) is 4.79 Å². The van der Waals surface area contributed by atoms with Gasteiger partial charge in [0.2, 0.25) is 5.78 Å². The van der Waals surface area contributed by atoms with Crippen molar-refractivity contribution in [1.82, 2.24) is 14.6 Å². The van der Waals surface area contributed by atoms with E-state index in [1.807, 2.05) is 0 Å². The van der Waals surface area contributed by atoms with Crippen molar-refractivity contribution >= 4 is 23.0 Å². The second kappa shape index (κ2) is 4.37. The van der Waals surface area contributed by atoms with Crippen molar-refractivity contribution in [1.29, 1.82) is 0 Å². The summed E-state index contributed by atoms with van der Waals surface area (Å²) in [4.78, 5) is 16.4. The molecule has 1 N–H and O–H groups in total. The Hall–Kier alpha value is -2.40. The second-order valence-electron chi connectivity index (χ2n) is 3.95. The van der Waals surface area contributed by atoms with Crippen LogP contribution in [0.3, 0.4) is 0 Å². The number of ketones is 1. The highest BCUT2D eigenvalue weighted by Gasteiger charge is 2.15. The molecule has 94 valence electrons. The first-order chi connectivity index (χ1) is 9.15. The van der Waals surface area contributed by atoms with Crippen LogP contribution in [-0.4, -0.2) is 25.5 Å². The molecule has 1 aromatic carbocycles. The van der Waals surface area contributed by atoms with Gasteiger partial charge in [0, 0.05) is 5.56 Å². The number of nitrogens with zero attached hydrogens (tertiary/aromatic N) is 3. The molecule has 0 spiro atoms. The minimum atomic E-state index is -0.234. The largest absolute Gasteiger partial charge is 0.508 e. The number of imidazole rings is 1. The fourth-order valence-corrected chi connectivity index (χ4v) is 1.91. The van der Waals surface area contributed by atoms with Crippen LogP contribution in [0.2, 0.25) is 5.15 Å². The molecule has 0 atom stereocenters. The molecule has 0 bridgehead atoms. The van der Waals surface area contributed by atoms with E-state index in [4.69, 9.17) is 11.6 Å². The number of phenolic OH excluding ortho intramolecular Hbond substituents is 1. The number of fused-ring (bicyclic) bond motifs is 1. The average Bonchev–Trinajstić information content (AvgIpc) is 2.81. The molecule has 6 heteroatoms. The normalized spacial score (nSPS) is 10.8. The highest BCUT2D eigenvalue weighted by atomic mass is 35.5. The summed E-state index contributed by atoms with van der Waals surface area (Å²) in [5.74, 6) is -0.127. The smallest absolute Gasteiger partial charge is 0.213 e. The fourth-order valence-electron chi connectivity index (χ4n) is 1.77. The second-order valence-corrected chi connectivity index (χ2v) is 4.33. The summed E-state index contributed by atoms with van der Waals surface area (Å²) in [5.41, 5.74) is 1.32. The first-order valence-electron chi connectivity index (χ1n) is 5.49. The summed E-state index contributed by atoms with van der Waals surface area (Å²) < 4.78 is 1.40. The Morgan fingerprint density at radius 1 is 1.16 bits per heavy atom. The summed E-state index contributed by atoms with van der Waals surface area (Å²) in [6.45, 7) is 0. The average molecular weight is 274 g/mol.